The Balaban J connectivity index is 2.57. The topological polar surface area (TPSA) is 55.1 Å². The normalized spacial score (nSPS) is 21.4. The van der Waals surface area contributed by atoms with Gasteiger partial charge in [0.25, 0.3) is 0 Å². The molecule has 106 valence electrons. The Kier molecular flexibility index (Phi) is 5.01. The fourth-order valence-corrected chi connectivity index (χ4v) is 2.53. The summed E-state index contributed by atoms with van der Waals surface area (Å²) in [5, 5.41) is 2.46. The lowest BCUT2D eigenvalue weighted by atomic mass is 9.73. The molecule has 0 heterocycles. The Labute approximate surface area is 105 Å². The molecule has 1 aliphatic rings. The number of rotatable bonds is 4. The number of carbonyl (C=O) groups is 1. The van der Waals surface area contributed by atoms with Crippen LogP contribution in [0.25, 0.3) is 0 Å². The molecule has 1 amide bonds. The van der Waals surface area contributed by atoms with E-state index in [2.05, 4.69) is 5.32 Å². The second-order valence-corrected chi connectivity index (χ2v) is 5.24. The van der Waals surface area contributed by atoms with Crippen LogP contribution in [0, 0.1) is 5.41 Å². The van der Waals surface area contributed by atoms with Crippen LogP contribution in [0.5, 0.6) is 0 Å². The van der Waals surface area contributed by atoms with E-state index in [1.54, 1.807) is 0 Å². The summed E-state index contributed by atoms with van der Waals surface area (Å²) < 4.78 is 36.6. The van der Waals surface area contributed by atoms with Crippen LogP contribution in [-0.2, 0) is 4.79 Å². The lowest BCUT2D eigenvalue weighted by Crippen LogP contribution is -2.50. The van der Waals surface area contributed by atoms with Crippen molar-refractivity contribution in [3.63, 3.8) is 0 Å². The summed E-state index contributed by atoms with van der Waals surface area (Å²) in [5.41, 5.74) is 5.00. The Bertz CT molecular complexity index is 286. The molecule has 1 atom stereocenters. The van der Waals surface area contributed by atoms with Crippen molar-refractivity contribution in [3.05, 3.63) is 0 Å². The molecule has 6 heteroatoms. The lowest BCUT2D eigenvalue weighted by molar-refractivity contribution is -0.144. The van der Waals surface area contributed by atoms with Gasteiger partial charge in [0.2, 0.25) is 5.91 Å². The van der Waals surface area contributed by atoms with Crippen LogP contribution >= 0.6 is 0 Å². The van der Waals surface area contributed by atoms with Crippen molar-refractivity contribution in [1.29, 1.82) is 0 Å². The second kappa shape index (κ2) is 5.91. The summed E-state index contributed by atoms with van der Waals surface area (Å²) in [6.45, 7) is 1.58. The van der Waals surface area contributed by atoms with E-state index in [1.165, 1.54) is 6.92 Å². The van der Waals surface area contributed by atoms with Crippen molar-refractivity contribution >= 4 is 5.91 Å². The van der Waals surface area contributed by atoms with Gasteiger partial charge in [0.15, 0.2) is 0 Å². The minimum Gasteiger partial charge on any atom is -0.353 e. The highest BCUT2D eigenvalue weighted by Gasteiger charge is 2.39. The van der Waals surface area contributed by atoms with Crippen molar-refractivity contribution in [2.24, 2.45) is 11.1 Å². The van der Waals surface area contributed by atoms with Gasteiger partial charge in [-0.3, -0.25) is 4.79 Å². The molecule has 1 aliphatic carbocycles. The van der Waals surface area contributed by atoms with E-state index in [0.717, 1.165) is 19.3 Å². The maximum atomic E-state index is 12.2. The number of carbonyl (C=O) groups excluding carboxylic acids is 1. The largest absolute Gasteiger partial charge is 0.391 e. The van der Waals surface area contributed by atoms with Crippen molar-refractivity contribution in [2.45, 2.75) is 57.7 Å². The van der Waals surface area contributed by atoms with Crippen molar-refractivity contribution in [1.82, 2.24) is 5.32 Å². The van der Waals surface area contributed by atoms with Crippen LogP contribution in [-0.4, -0.2) is 24.7 Å². The number of hydrogen-bond acceptors (Lipinski definition) is 2. The molecule has 1 saturated carbocycles. The minimum atomic E-state index is -4.25. The maximum absolute atomic E-state index is 12.2. The third-order valence-electron chi connectivity index (χ3n) is 3.60. The monoisotopic (exact) mass is 266 g/mol. The molecule has 0 radical (unpaired) electrons. The van der Waals surface area contributed by atoms with Crippen molar-refractivity contribution in [3.8, 4) is 0 Å². The molecule has 0 aromatic rings. The molecular weight excluding hydrogens is 245 g/mol. The highest BCUT2D eigenvalue weighted by atomic mass is 19.4. The molecule has 0 bridgehead atoms. The predicted octanol–water partition coefficient (Wildman–Crippen LogP) is 2.35. The maximum Gasteiger partial charge on any atom is 0.391 e. The fourth-order valence-electron chi connectivity index (χ4n) is 2.53. The van der Waals surface area contributed by atoms with Crippen LogP contribution < -0.4 is 11.1 Å². The van der Waals surface area contributed by atoms with Crippen LogP contribution in [0.15, 0.2) is 0 Å². The molecule has 1 fully saturated rings. The second-order valence-electron chi connectivity index (χ2n) is 5.24. The summed E-state index contributed by atoms with van der Waals surface area (Å²) in [7, 11) is 0. The van der Waals surface area contributed by atoms with E-state index >= 15 is 0 Å². The van der Waals surface area contributed by atoms with E-state index in [0.29, 0.717) is 12.8 Å². The van der Waals surface area contributed by atoms with Gasteiger partial charge in [-0.25, -0.2) is 0 Å². The van der Waals surface area contributed by atoms with Crippen LogP contribution in [0.1, 0.15) is 45.4 Å². The van der Waals surface area contributed by atoms with E-state index in [9.17, 15) is 18.0 Å². The summed E-state index contributed by atoms with van der Waals surface area (Å²) in [5.74, 6) is -0.318. The van der Waals surface area contributed by atoms with Gasteiger partial charge >= 0.3 is 6.18 Å². The molecule has 0 aliphatic heterocycles. The molecule has 0 spiro atoms. The van der Waals surface area contributed by atoms with Gasteiger partial charge in [0, 0.05) is 12.6 Å². The van der Waals surface area contributed by atoms with Gasteiger partial charge in [0.05, 0.1) is 11.8 Å². The van der Waals surface area contributed by atoms with Crippen LogP contribution in [0.4, 0.5) is 13.2 Å². The predicted molar refractivity (Wildman–Crippen MR) is 62.8 cm³/mol. The number of amides is 1. The van der Waals surface area contributed by atoms with Gasteiger partial charge in [0.1, 0.15) is 0 Å². The zero-order valence-electron chi connectivity index (χ0n) is 10.6. The van der Waals surface area contributed by atoms with Crippen molar-refractivity contribution in [2.75, 3.05) is 6.54 Å². The number of nitrogens with two attached hydrogens (primary N) is 1. The molecule has 3 nitrogen and oxygen atoms in total. The Morgan fingerprint density at radius 1 is 1.33 bits per heavy atom. The van der Waals surface area contributed by atoms with Crippen LogP contribution in [0.2, 0.25) is 0 Å². The average molecular weight is 266 g/mol. The number of halogens is 3. The Morgan fingerprint density at radius 2 is 1.89 bits per heavy atom. The van der Waals surface area contributed by atoms with Crippen LogP contribution in [0.3, 0.4) is 0 Å². The highest BCUT2D eigenvalue weighted by molar-refractivity contribution is 5.83. The Morgan fingerprint density at radius 3 is 2.33 bits per heavy atom. The zero-order valence-corrected chi connectivity index (χ0v) is 10.6. The fraction of sp³-hybridized carbons (Fsp3) is 0.917. The average Bonchev–Trinajstić information content (AvgIpc) is 2.27. The van der Waals surface area contributed by atoms with Gasteiger partial charge in [-0.05, 0) is 19.8 Å². The molecule has 0 saturated heterocycles. The van der Waals surface area contributed by atoms with Gasteiger partial charge < -0.3 is 11.1 Å². The molecule has 1 rings (SSSR count). The zero-order chi connectivity index (χ0) is 13.8. The minimum absolute atomic E-state index is 0.206. The van der Waals surface area contributed by atoms with Crippen molar-refractivity contribution < 1.29 is 18.0 Å². The third-order valence-corrected chi connectivity index (χ3v) is 3.60. The highest BCUT2D eigenvalue weighted by Crippen LogP contribution is 2.35. The quantitative estimate of drug-likeness (QED) is 0.820. The van der Waals surface area contributed by atoms with E-state index in [4.69, 9.17) is 5.73 Å². The molecule has 18 heavy (non-hydrogen) atoms. The molecule has 3 N–H and O–H groups in total. The van der Waals surface area contributed by atoms with E-state index < -0.39 is 24.1 Å². The lowest BCUT2D eigenvalue weighted by Gasteiger charge is -2.35. The first kappa shape index (κ1) is 15.3. The summed E-state index contributed by atoms with van der Waals surface area (Å²) >= 11 is 0. The van der Waals surface area contributed by atoms with E-state index in [-0.39, 0.29) is 12.5 Å². The van der Waals surface area contributed by atoms with Gasteiger partial charge in [-0.2, -0.15) is 13.2 Å². The third kappa shape index (κ3) is 4.15. The summed E-state index contributed by atoms with van der Waals surface area (Å²) in [6.07, 6.45) is -1.01. The number of alkyl halides is 3. The SMILES string of the molecule is CC(CC(F)(F)F)NC(=O)C1(CN)CCCCC1. The Hall–Kier alpha value is -0.780. The summed E-state index contributed by atoms with van der Waals surface area (Å²) in [6, 6.07) is -0.900. The first-order valence-electron chi connectivity index (χ1n) is 6.37. The van der Waals surface area contributed by atoms with Gasteiger partial charge in [-0.1, -0.05) is 19.3 Å². The molecule has 1 unspecified atom stereocenters. The standard InChI is InChI=1S/C12H21F3N2O/c1-9(7-12(13,14)15)17-10(18)11(8-16)5-3-2-4-6-11/h9H,2-8,16H2,1H3,(H,17,18). The molecule has 0 aromatic heterocycles. The molecular formula is C12H21F3N2O. The molecule has 0 aromatic carbocycles. The summed E-state index contributed by atoms with van der Waals surface area (Å²) in [4.78, 5) is 12.1. The number of nitrogens with one attached hydrogen (secondary N) is 1. The first-order chi connectivity index (χ1) is 8.29. The smallest absolute Gasteiger partial charge is 0.353 e. The van der Waals surface area contributed by atoms with Gasteiger partial charge in [-0.15, -0.1) is 0 Å². The van der Waals surface area contributed by atoms with E-state index in [1.807, 2.05) is 0 Å². The first-order valence-corrected chi connectivity index (χ1v) is 6.37. The number of hydrogen-bond donors (Lipinski definition) is 2.